The van der Waals surface area contributed by atoms with Crippen molar-refractivity contribution in [1.82, 2.24) is 14.3 Å². The number of halogens is 4. The summed E-state index contributed by atoms with van der Waals surface area (Å²) in [5, 5.41) is 3.18. The first-order chi connectivity index (χ1) is 16.7. The molecular weight excluding hydrogens is 485 g/mol. The minimum Gasteiger partial charge on any atom is -0.497 e. The molecule has 1 aromatic carbocycles. The van der Waals surface area contributed by atoms with Crippen LogP contribution >= 0.6 is 11.6 Å². The number of anilines is 1. The van der Waals surface area contributed by atoms with Gasteiger partial charge in [0.15, 0.2) is 11.3 Å². The number of benzene rings is 1. The van der Waals surface area contributed by atoms with Gasteiger partial charge in [-0.25, -0.2) is 4.98 Å². The molecular formula is C24H20ClF3N4O3. The van der Waals surface area contributed by atoms with Crippen LogP contribution in [0.1, 0.15) is 22.5 Å². The number of furan rings is 1. The number of carbonyl (C=O) groups excluding carboxylic acids is 1. The van der Waals surface area contributed by atoms with E-state index in [2.05, 4.69) is 10.3 Å². The van der Waals surface area contributed by atoms with E-state index in [1.165, 1.54) is 29.7 Å². The molecule has 0 aliphatic carbocycles. The minimum atomic E-state index is -4.70. The van der Waals surface area contributed by atoms with Gasteiger partial charge in [0.1, 0.15) is 10.9 Å². The number of nitrogens with one attached hydrogen (secondary N) is 1. The molecule has 1 unspecified atom stereocenters. The second-order valence-corrected chi connectivity index (χ2v) is 8.57. The fourth-order valence-electron chi connectivity index (χ4n) is 4.21. The first-order valence-corrected chi connectivity index (χ1v) is 11.1. The third kappa shape index (κ3) is 4.41. The number of rotatable bonds is 5. The lowest BCUT2D eigenvalue weighted by Gasteiger charge is -2.17. The van der Waals surface area contributed by atoms with Crippen LogP contribution in [0.3, 0.4) is 0 Å². The molecule has 1 N–H and O–H groups in total. The Kier molecular flexibility index (Phi) is 5.84. The van der Waals surface area contributed by atoms with Gasteiger partial charge in [-0.2, -0.15) is 13.2 Å². The SMILES string of the molecule is COc1cccc(NC2CCN(C(=O)c3nc4c(C(F)(F)F)cc(-c5ccoc5)cn4c3Cl)C2)c1. The van der Waals surface area contributed by atoms with Crippen LogP contribution in [0, 0.1) is 0 Å². The van der Waals surface area contributed by atoms with Crippen LogP contribution in [0.5, 0.6) is 5.75 Å². The Morgan fingerprint density at radius 2 is 2.09 bits per heavy atom. The van der Waals surface area contributed by atoms with Crippen molar-refractivity contribution in [1.29, 1.82) is 0 Å². The molecule has 4 aromatic rings. The van der Waals surface area contributed by atoms with Crippen molar-refractivity contribution in [2.75, 3.05) is 25.5 Å². The molecule has 1 amide bonds. The summed E-state index contributed by atoms with van der Waals surface area (Å²) in [6.07, 6.45) is 0.0684. The van der Waals surface area contributed by atoms with Crippen LogP contribution in [0.2, 0.25) is 5.15 Å². The van der Waals surface area contributed by atoms with Gasteiger partial charge in [-0.1, -0.05) is 17.7 Å². The highest BCUT2D eigenvalue weighted by Gasteiger charge is 2.37. The molecule has 35 heavy (non-hydrogen) atoms. The van der Waals surface area contributed by atoms with Gasteiger partial charge in [-0.3, -0.25) is 9.20 Å². The van der Waals surface area contributed by atoms with E-state index >= 15 is 0 Å². The first kappa shape index (κ1) is 23.1. The van der Waals surface area contributed by atoms with Crippen LogP contribution in [0.4, 0.5) is 18.9 Å². The van der Waals surface area contributed by atoms with Gasteiger partial charge < -0.3 is 19.4 Å². The summed E-state index contributed by atoms with van der Waals surface area (Å²) in [6.45, 7) is 0.768. The van der Waals surface area contributed by atoms with E-state index in [0.29, 0.717) is 30.8 Å². The summed E-state index contributed by atoms with van der Waals surface area (Å²) in [4.78, 5) is 18.8. The second-order valence-electron chi connectivity index (χ2n) is 8.21. The summed E-state index contributed by atoms with van der Waals surface area (Å²) in [5.74, 6) is 0.180. The molecule has 0 radical (unpaired) electrons. The molecule has 1 atom stereocenters. The zero-order valence-corrected chi connectivity index (χ0v) is 19.2. The summed E-state index contributed by atoms with van der Waals surface area (Å²) in [7, 11) is 1.58. The zero-order valence-electron chi connectivity index (χ0n) is 18.5. The number of nitrogens with zero attached hydrogens (tertiary/aromatic N) is 3. The van der Waals surface area contributed by atoms with Crippen LogP contribution in [-0.4, -0.2) is 46.4 Å². The van der Waals surface area contributed by atoms with E-state index in [4.69, 9.17) is 20.8 Å². The number of alkyl halides is 3. The number of ether oxygens (including phenoxy) is 1. The van der Waals surface area contributed by atoms with Gasteiger partial charge in [0.05, 0.1) is 25.2 Å². The number of likely N-dealkylation sites (tertiary alicyclic amines) is 1. The third-order valence-corrected chi connectivity index (χ3v) is 6.30. The molecule has 0 saturated carbocycles. The molecule has 4 heterocycles. The summed E-state index contributed by atoms with van der Waals surface area (Å²) < 4.78 is 52.9. The molecule has 182 valence electrons. The molecule has 11 heteroatoms. The van der Waals surface area contributed by atoms with Gasteiger partial charge >= 0.3 is 6.18 Å². The summed E-state index contributed by atoms with van der Waals surface area (Å²) in [5.41, 5.74) is -0.110. The minimum absolute atomic E-state index is 0.0414. The molecule has 1 fully saturated rings. The number of carbonyl (C=O) groups is 1. The summed E-state index contributed by atoms with van der Waals surface area (Å²) >= 11 is 6.42. The maximum absolute atomic E-state index is 13.9. The highest BCUT2D eigenvalue weighted by molar-refractivity contribution is 6.33. The molecule has 1 aliphatic rings. The zero-order chi connectivity index (χ0) is 24.7. The normalized spacial score (nSPS) is 16.1. The quantitative estimate of drug-likeness (QED) is 0.383. The number of hydrogen-bond acceptors (Lipinski definition) is 5. The fraction of sp³-hybridized carbons (Fsp3) is 0.250. The Labute approximate surface area is 203 Å². The molecule has 3 aromatic heterocycles. The lowest BCUT2D eigenvalue weighted by Crippen LogP contribution is -2.32. The van der Waals surface area contributed by atoms with Crippen molar-refractivity contribution in [3.8, 4) is 16.9 Å². The number of imidazole rings is 1. The standard InChI is InChI=1S/C24H20ClF3N4O3/c1-34-18-4-2-3-16(10-18)29-17-5-7-31(12-17)23(33)20-21(25)32-11-15(14-6-8-35-13-14)9-19(22(32)30-20)24(26,27)28/h2-4,6,8-11,13,17,29H,5,7,12H2,1H3. The maximum Gasteiger partial charge on any atom is 0.420 e. The van der Waals surface area contributed by atoms with Gasteiger partial charge in [-0.05, 0) is 30.7 Å². The average Bonchev–Trinajstić information content (AvgIpc) is 3.59. The van der Waals surface area contributed by atoms with Gasteiger partial charge in [0, 0.05) is 48.2 Å². The largest absolute Gasteiger partial charge is 0.497 e. The molecule has 0 spiro atoms. The Bertz CT molecular complexity index is 1380. The Hall–Kier alpha value is -3.66. The molecule has 1 saturated heterocycles. The Morgan fingerprint density at radius 3 is 2.80 bits per heavy atom. The van der Waals surface area contributed by atoms with E-state index in [9.17, 15) is 18.0 Å². The number of amides is 1. The van der Waals surface area contributed by atoms with E-state index < -0.39 is 23.3 Å². The number of pyridine rings is 1. The van der Waals surface area contributed by atoms with E-state index in [1.807, 2.05) is 24.3 Å². The molecule has 5 rings (SSSR count). The Balaban J connectivity index is 1.43. The number of hydrogen-bond donors (Lipinski definition) is 1. The van der Waals surface area contributed by atoms with Crippen molar-refractivity contribution in [3.05, 3.63) is 71.5 Å². The molecule has 7 nitrogen and oxygen atoms in total. The molecule has 1 aliphatic heterocycles. The smallest absolute Gasteiger partial charge is 0.420 e. The van der Waals surface area contributed by atoms with Crippen molar-refractivity contribution >= 4 is 28.8 Å². The second kappa shape index (κ2) is 8.84. The van der Waals surface area contributed by atoms with Crippen LogP contribution in [-0.2, 0) is 6.18 Å². The van der Waals surface area contributed by atoms with E-state index in [1.54, 1.807) is 7.11 Å². The van der Waals surface area contributed by atoms with Crippen molar-refractivity contribution in [2.45, 2.75) is 18.6 Å². The highest BCUT2D eigenvalue weighted by atomic mass is 35.5. The Morgan fingerprint density at radius 1 is 1.26 bits per heavy atom. The molecule has 0 bridgehead atoms. The van der Waals surface area contributed by atoms with E-state index in [-0.39, 0.29) is 22.5 Å². The first-order valence-electron chi connectivity index (χ1n) is 10.8. The van der Waals surface area contributed by atoms with Crippen LogP contribution in [0.15, 0.2) is 59.5 Å². The van der Waals surface area contributed by atoms with Crippen LogP contribution < -0.4 is 10.1 Å². The average molecular weight is 505 g/mol. The predicted octanol–water partition coefficient (Wildman–Crippen LogP) is 5.60. The lowest BCUT2D eigenvalue weighted by atomic mass is 10.1. The third-order valence-electron chi connectivity index (χ3n) is 5.94. The van der Waals surface area contributed by atoms with Crippen molar-refractivity contribution in [3.63, 3.8) is 0 Å². The lowest BCUT2D eigenvalue weighted by molar-refractivity contribution is -0.136. The van der Waals surface area contributed by atoms with Gasteiger partial charge in [0.2, 0.25) is 0 Å². The number of fused-ring (bicyclic) bond motifs is 1. The van der Waals surface area contributed by atoms with Crippen LogP contribution in [0.25, 0.3) is 16.8 Å². The van der Waals surface area contributed by atoms with E-state index in [0.717, 1.165) is 16.2 Å². The fourth-order valence-corrected chi connectivity index (χ4v) is 4.46. The summed E-state index contributed by atoms with van der Waals surface area (Å²) in [6, 6.07) is 9.89. The van der Waals surface area contributed by atoms with Gasteiger partial charge in [-0.15, -0.1) is 0 Å². The van der Waals surface area contributed by atoms with Gasteiger partial charge in [0.25, 0.3) is 5.91 Å². The maximum atomic E-state index is 13.9. The monoisotopic (exact) mass is 504 g/mol. The van der Waals surface area contributed by atoms with Crippen molar-refractivity contribution in [2.24, 2.45) is 0 Å². The topological polar surface area (TPSA) is 72.0 Å². The number of methoxy groups -OCH3 is 1. The number of aromatic nitrogens is 2. The van der Waals surface area contributed by atoms with Crippen molar-refractivity contribution < 1.29 is 27.1 Å². The predicted molar refractivity (Wildman–Crippen MR) is 124 cm³/mol. The highest BCUT2D eigenvalue weighted by Crippen LogP contribution is 2.37.